The summed E-state index contributed by atoms with van der Waals surface area (Å²) in [6, 6.07) is 0. The maximum atomic E-state index is 0. The quantitative estimate of drug-likeness (QED) is 0.382. The minimum absolute atomic E-state index is 0. The van der Waals surface area contributed by atoms with Crippen LogP contribution in [-0.2, 0) is 50.2 Å². The van der Waals surface area contributed by atoms with Crippen LogP contribution in [0.25, 0.3) is 0 Å². The molecule has 0 heterocycles. The zero-order chi connectivity index (χ0) is 0. The van der Waals surface area contributed by atoms with Gasteiger partial charge in [-0.1, -0.05) is 0 Å². The molecule has 0 fully saturated rings. The molecule has 0 aliphatic carbocycles. The molecular weight excluding hydrogens is 248 g/mol. The van der Waals surface area contributed by atoms with Crippen molar-refractivity contribution in [3.05, 3.63) is 0 Å². The van der Waals surface area contributed by atoms with Gasteiger partial charge in [-0.25, -0.2) is 0 Å². The molecule has 2 radical (unpaired) electrons. The molecule has 0 saturated carbocycles. The zero-order valence-electron chi connectivity index (χ0n) is 3.30. The Hall–Kier alpha value is 3.44. The summed E-state index contributed by atoms with van der Waals surface area (Å²) in [6.07, 6.45) is 0. The van der Waals surface area contributed by atoms with Gasteiger partial charge in [-0.05, 0) is 0 Å². The van der Waals surface area contributed by atoms with Crippen molar-refractivity contribution in [2.45, 2.75) is 0 Å². The van der Waals surface area contributed by atoms with Crippen molar-refractivity contribution in [3.8, 4) is 0 Å². The Morgan fingerprint density at radius 1 is 0.600 bits per heavy atom. The minimum Gasteiger partial charge on any atom is -2.00 e. The summed E-state index contributed by atoms with van der Waals surface area (Å²) in [5.41, 5.74) is 0. The number of hydrogen-bond donors (Lipinski definition) is 0. The van der Waals surface area contributed by atoms with Crippen LogP contribution in [0.4, 0.5) is 0 Å². The molecule has 0 N–H and O–H groups in total. The average molecular weight is 248 g/mol. The molecule has 18 valence electrons. The Morgan fingerprint density at radius 3 is 0.600 bits per heavy atom. The fourth-order valence-electron chi connectivity index (χ4n) is 0. The van der Waals surface area contributed by atoms with E-state index in [0.29, 0.717) is 0 Å². The second-order valence-electron chi connectivity index (χ2n) is 0. The normalized spacial score (nSPS) is 0. The van der Waals surface area contributed by atoms with Crippen LogP contribution in [0.3, 0.4) is 0 Å². The predicted octanol–water partition coefficient (Wildman–Crippen LogP) is -6.12. The third-order valence-corrected chi connectivity index (χ3v) is 0. The van der Waals surface area contributed by atoms with Crippen molar-refractivity contribution in [1.82, 2.24) is 0 Å². The number of rotatable bonds is 0. The first-order valence-corrected chi connectivity index (χ1v) is 0. The van der Waals surface area contributed by atoms with Gasteiger partial charge in [0.15, 0.2) is 0 Å². The minimum atomic E-state index is 0. The third-order valence-electron chi connectivity index (χ3n) is 0. The fraction of sp³-hybridized carbons (Fsp3) is 0. The van der Waals surface area contributed by atoms with Gasteiger partial charge in [-0.3, -0.25) is 0 Å². The van der Waals surface area contributed by atoms with E-state index >= 15 is 0 Å². The van der Waals surface area contributed by atoms with E-state index in [-0.39, 0.29) is 109 Å². The largest absolute Gasteiger partial charge is 2.00 e. The molecule has 0 saturated heterocycles. The maximum absolute atomic E-state index is 0. The molecule has 0 amide bonds. The van der Waals surface area contributed by atoms with Gasteiger partial charge in [0.25, 0.3) is 0 Å². The summed E-state index contributed by atoms with van der Waals surface area (Å²) in [5, 5.41) is 0. The zero-order valence-corrected chi connectivity index (χ0v) is 11.7. The Morgan fingerprint density at radius 2 is 0.600 bits per heavy atom. The van der Waals surface area contributed by atoms with Crippen LogP contribution in [0.1, 0.15) is 0 Å². The van der Waals surface area contributed by atoms with E-state index in [2.05, 4.69) is 0 Å². The Labute approximate surface area is 107 Å². The molecular formula is Na2Nb2O. The smallest absolute Gasteiger partial charge is 1.00 e. The Bertz CT molecular complexity index is 7.61. The van der Waals surface area contributed by atoms with E-state index in [4.69, 9.17) is 0 Å². The first-order valence-electron chi connectivity index (χ1n) is 0. The molecule has 0 rings (SSSR count). The fourth-order valence-corrected chi connectivity index (χ4v) is 0. The summed E-state index contributed by atoms with van der Waals surface area (Å²) in [7, 11) is 0. The van der Waals surface area contributed by atoms with E-state index in [1.165, 1.54) is 0 Å². The van der Waals surface area contributed by atoms with Crippen molar-refractivity contribution in [2.75, 3.05) is 0 Å². The van der Waals surface area contributed by atoms with Crippen LogP contribution < -0.4 is 59.1 Å². The third kappa shape index (κ3) is 18.6. The van der Waals surface area contributed by atoms with Crippen LogP contribution in [0.2, 0.25) is 0 Å². The van der Waals surface area contributed by atoms with Gasteiger partial charge in [-0.15, -0.1) is 0 Å². The average Bonchev–Trinajstić information content (AvgIpc) is 0. The monoisotopic (exact) mass is 248 g/mol. The molecule has 0 atom stereocenters. The topological polar surface area (TPSA) is 28.5 Å². The van der Waals surface area contributed by atoms with E-state index in [9.17, 15) is 0 Å². The van der Waals surface area contributed by atoms with Gasteiger partial charge in [0.2, 0.25) is 0 Å². The summed E-state index contributed by atoms with van der Waals surface area (Å²) in [4.78, 5) is 0. The predicted molar refractivity (Wildman–Crippen MR) is 0.686 cm³/mol. The molecule has 0 aromatic rings. The standard InChI is InChI=1S/2Na.2Nb.O/q2*+1;;;-2. The van der Waals surface area contributed by atoms with Crippen LogP contribution >= 0.6 is 0 Å². The molecule has 0 aliphatic rings. The van der Waals surface area contributed by atoms with Crippen LogP contribution in [0.5, 0.6) is 0 Å². The Kier molecular flexibility index (Phi) is 206. The first-order chi connectivity index (χ1) is 0. The van der Waals surface area contributed by atoms with Crippen molar-refractivity contribution < 1.29 is 109 Å². The molecule has 0 spiro atoms. The molecule has 0 unspecified atom stereocenters. The molecule has 0 aliphatic heterocycles. The van der Waals surface area contributed by atoms with Crippen LogP contribution in [-0.4, -0.2) is 0 Å². The van der Waals surface area contributed by atoms with E-state index in [1.807, 2.05) is 0 Å². The van der Waals surface area contributed by atoms with Crippen molar-refractivity contribution in [3.63, 3.8) is 0 Å². The molecule has 0 bridgehead atoms. The van der Waals surface area contributed by atoms with Gasteiger partial charge in [0, 0.05) is 44.8 Å². The van der Waals surface area contributed by atoms with Crippen molar-refractivity contribution in [1.29, 1.82) is 0 Å². The maximum Gasteiger partial charge on any atom is 1.00 e. The first kappa shape index (κ1) is 39.5. The Balaban J connectivity index is 0. The van der Waals surface area contributed by atoms with Gasteiger partial charge in [-0.2, -0.15) is 0 Å². The summed E-state index contributed by atoms with van der Waals surface area (Å²) < 4.78 is 0. The van der Waals surface area contributed by atoms with Gasteiger partial charge < -0.3 is 5.48 Å². The van der Waals surface area contributed by atoms with Gasteiger partial charge in [0.05, 0.1) is 0 Å². The second kappa shape index (κ2) is 26.1. The van der Waals surface area contributed by atoms with Gasteiger partial charge in [0.1, 0.15) is 0 Å². The summed E-state index contributed by atoms with van der Waals surface area (Å²) in [6.45, 7) is 0. The SMILES string of the molecule is [Na+].[Na+].[Nb].[Nb].[O-2]. The molecule has 5 heteroatoms. The van der Waals surface area contributed by atoms with E-state index in [0.717, 1.165) is 0 Å². The number of hydrogen-bond acceptors (Lipinski definition) is 0. The van der Waals surface area contributed by atoms with Gasteiger partial charge >= 0.3 is 59.1 Å². The van der Waals surface area contributed by atoms with E-state index < -0.39 is 0 Å². The molecule has 5 heavy (non-hydrogen) atoms. The molecule has 0 aromatic carbocycles. The van der Waals surface area contributed by atoms with Crippen molar-refractivity contribution in [2.24, 2.45) is 0 Å². The molecule has 1 nitrogen and oxygen atoms in total. The summed E-state index contributed by atoms with van der Waals surface area (Å²) >= 11 is 0. The molecule has 0 aromatic heterocycles. The van der Waals surface area contributed by atoms with Crippen LogP contribution in [0.15, 0.2) is 0 Å². The van der Waals surface area contributed by atoms with E-state index in [1.54, 1.807) is 0 Å². The van der Waals surface area contributed by atoms with Crippen LogP contribution in [0, 0.1) is 0 Å². The summed E-state index contributed by atoms with van der Waals surface area (Å²) in [5.74, 6) is 0. The second-order valence-corrected chi connectivity index (χ2v) is 0. The van der Waals surface area contributed by atoms with Crippen molar-refractivity contribution >= 4 is 0 Å².